The molecule has 0 unspecified atom stereocenters. The van der Waals surface area contributed by atoms with Crippen LogP contribution < -0.4 is 5.32 Å². The lowest BCUT2D eigenvalue weighted by molar-refractivity contribution is -0.139. The average molecular weight is 483 g/mol. The van der Waals surface area contributed by atoms with Crippen LogP contribution in [-0.2, 0) is 16.0 Å². The Hall–Kier alpha value is -4.39. The lowest BCUT2D eigenvalue weighted by Gasteiger charge is -2.17. The molecule has 0 aliphatic heterocycles. The summed E-state index contributed by atoms with van der Waals surface area (Å²) in [5.74, 6) is -0.498. The van der Waals surface area contributed by atoms with Crippen LogP contribution in [0.5, 0.6) is 0 Å². The number of ether oxygens (including phenoxy) is 1. The van der Waals surface area contributed by atoms with Gasteiger partial charge in [0.25, 0.3) is 0 Å². The number of amides is 1. The number of aliphatic carboxylic acids is 1. The molecule has 7 heteroatoms. The first kappa shape index (κ1) is 23.4. The summed E-state index contributed by atoms with van der Waals surface area (Å²) in [6, 6.07) is 22.5. The monoisotopic (exact) mass is 482 g/mol. The zero-order chi connectivity index (χ0) is 25.2. The van der Waals surface area contributed by atoms with Crippen molar-refractivity contribution in [2.75, 3.05) is 6.61 Å². The minimum absolute atomic E-state index is 0.0942. The van der Waals surface area contributed by atoms with Crippen LogP contribution in [0, 0.1) is 13.8 Å². The van der Waals surface area contributed by atoms with Crippen LogP contribution >= 0.6 is 0 Å². The van der Waals surface area contributed by atoms with Crippen LogP contribution in [0.3, 0.4) is 0 Å². The quantitative estimate of drug-likeness (QED) is 0.361. The van der Waals surface area contributed by atoms with E-state index in [9.17, 15) is 14.7 Å². The van der Waals surface area contributed by atoms with Gasteiger partial charge in [0.05, 0.1) is 5.69 Å². The first-order chi connectivity index (χ1) is 17.4. The lowest BCUT2D eigenvalue weighted by Crippen LogP contribution is -2.42. The second-order valence-electron chi connectivity index (χ2n) is 8.96. The molecule has 182 valence electrons. The molecule has 0 spiro atoms. The topological polar surface area (TPSA) is 102 Å². The number of hydrogen-bond acceptors (Lipinski definition) is 5. The van der Waals surface area contributed by atoms with E-state index in [0.717, 1.165) is 50.4 Å². The maximum atomic E-state index is 12.6. The third kappa shape index (κ3) is 4.47. The highest BCUT2D eigenvalue weighted by Gasteiger charge is 2.29. The van der Waals surface area contributed by atoms with E-state index in [1.54, 1.807) is 0 Å². The molecule has 1 amide bonds. The molecule has 0 radical (unpaired) electrons. The normalized spacial score (nSPS) is 13.1. The maximum absolute atomic E-state index is 12.6. The molecule has 1 aliphatic carbocycles. The molecule has 0 fully saturated rings. The van der Waals surface area contributed by atoms with Gasteiger partial charge in [0, 0.05) is 17.9 Å². The maximum Gasteiger partial charge on any atom is 0.407 e. The van der Waals surface area contributed by atoms with Gasteiger partial charge in [-0.3, -0.25) is 0 Å². The number of carbonyl (C=O) groups excluding carboxylic acids is 1. The van der Waals surface area contributed by atoms with Crippen molar-refractivity contribution in [1.82, 2.24) is 10.5 Å². The summed E-state index contributed by atoms with van der Waals surface area (Å²) in [4.78, 5) is 24.5. The third-order valence-corrected chi connectivity index (χ3v) is 6.65. The predicted octanol–water partition coefficient (Wildman–Crippen LogP) is 5.49. The van der Waals surface area contributed by atoms with Gasteiger partial charge in [0.1, 0.15) is 18.4 Å². The fourth-order valence-corrected chi connectivity index (χ4v) is 4.92. The molecule has 0 bridgehead atoms. The second-order valence-corrected chi connectivity index (χ2v) is 8.96. The van der Waals surface area contributed by atoms with Crippen molar-refractivity contribution in [1.29, 1.82) is 0 Å². The third-order valence-electron chi connectivity index (χ3n) is 6.65. The number of nitrogens with zero attached hydrogens (tertiary/aromatic N) is 1. The Kier molecular flexibility index (Phi) is 6.29. The van der Waals surface area contributed by atoms with Crippen molar-refractivity contribution in [2.24, 2.45) is 0 Å². The van der Waals surface area contributed by atoms with E-state index in [4.69, 9.17) is 9.26 Å². The minimum atomic E-state index is -1.13. The fourth-order valence-electron chi connectivity index (χ4n) is 4.92. The molecule has 36 heavy (non-hydrogen) atoms. The zero-order valence-corrected chi connectivity index (χ0v) is 20.0. The van der Waals surface area contributed by atoms with Gasteiger partial charge in [0.2, 0.25) is 0 Å². The molecule has 7 nitrogen and oxygen atoms in total. The van der Waals surface area contributed by atoms with Crippen molar-refractivity contribution in [3.63, 3.8) is 0 Å². The van der Waals surface area contributed by atoms with Gasteiger partial charge in [-0.15, -0.1) is 0 Å². The first-order valence-corrected chi connectivity index (χ1v) is 11.8. The molecular formula is C29H26N2O5. The Balaban J connectivity index is 1.24. The van der Waals surface area contributed by atoms with Crippen LogP contribution in [0.4, 0.5) is 4.79 Å². The second kappa shape index (κ2) is 9.70. The summed E-state index contributed by atoms with van der Waals surface area (Å²) in [5, 5.41) is 16.2. The van der Waals surface area contributed by atoms with Gasteiger partial charge in [-0.2, -0.15) is 0 Å². The number of carboxylic acid groups (broad SMARTS) is 1. The Labute approximate surface area is 208 Å². The molecule has 3 aromatic carbocycles. The van der Waals surface area contributed by atoms with Gasteiger partial charge in [-0.05, 0) is 47.2 Å². The Morgan fingerprint density at radius 2 is 1.58 bits per heavy atom. The largest absolute Gasteiger partial charge is 0.480 e. The Morgan fingerprint density at radius 3 is 2.14 bits per heavy atom. The summed E-state index contributed by atoms with van der Waals surface area (Å²) in [7, 11) is 0. The van der Waals surface area contributed by atoms with Crippen LogP contribution in [0.1, 0.15) is 34.1 Å². The molecule has 0 saturated carbocycles. The van der Waals surface area contributed by atoms with Gasteiger partial charge in [0.15, 0.2) is 0 Å². The smallest absolute Gasteiger partial charge is 0.407 e. The SMILES string of the molecule is Cc1noc(C)c1-c1ccc(C[C@H](NC(=O)OCC2c3ccccc3-c3ccccc32)C(=O)O)cc1. The van der Waals surface area contributed by atoms with Gasteiger partial charge < -0.3 is 19.7 Å². The number of aryl methyl sites for hydroxylation is 2. The van der Waals surface area contributed by atoms with Crippen molar-refractivity contribution in [2.45, 2.75) is 32.2 Å². The molecule has 1 heterocycles. The number of fused-ring (bicyclic) bond motifs is 3. The average Bonchev–Trinajstić information content (AvgIpc) is 3.39. The van der Waals surface area contributed by atoms with E-state index in [0.29, 0.717) is 0 Å². The number of nitrogens with one attached hydrogen (secondary N) is 1. The van der Waals surface area contributed by atoms with Crippen LogP contribution in [0.15, 0.2) is 77.3 Å². The fraction of sp³-hybridized carbons (Fsp3) is 0.207. The van der Waals surface area contributed by atoms with E-state index < -0.39 is 18.1 Å². The summed E-state index contributed by atoms with van der Waals surface area (Å²) >= 11 is 0. The molecule has 1 aliphatic rings. The van der Waals surface area contributed by atoms with Crippen molar-refractivity contribution in [3.05, 3.63) is 101 Å². The summed E-state index contributed by atoms with van der Waals surface area (Å²) in [6.45, 7) is 3.85. The van der Waals surface area contributed by atoms with Crippen molar-refractivity contribution >= 4 is 12.1 Å². The molecule has 1 aromatic heterocycles. The van der Waals surface area contributed by atoms with Crippen LogP contribution in [-0.4, -0.2) is 35.0 Å². The van der Waals surface area contributed by atoms with E-state index in [1.807, 2.05) is 74.5 Å². The number of carbonyl (C=O) groups is 2. The van der Waals surface area contributed by atoms with Gasteiger partial charge in [-0.1, -0.05) is 78.0 Å². The zero-order valence-electron chi connectivity index (χ0n) is 20.0. The lowest BCUT2D eigenvalue weighted by atomic mass is 9.98. The Morgan fingerprint density at radius 1 is 0.972 bits per heavy atom. The van der Waals surface area contributed by atoms with E-state index in [-0.39, 0.29) is 18.9 Å². The van der Waals surface area contributed by atoms with Gasteiger partial charge in [-0.25, -0.2) is 9.59 Å². The van der Waals surface area contributed by atoms with E-state index in [1.165, 1.54) is 0 Å². The summed E-state index contributed by atoms with van der Waals surface area (Å²) in [6.07, 6.45) is -0.627. The molecule has 5 rings (SSSR count). The number of benzene rings is 3. The minimum Gasteiger partial charge on any atom is -0.480 e. The first-order valence-electron chi connectivity index (χ1n) is 11.8. The van der Waals surface area contributed by atoms with E-state index in [2.05, 4.69) is 22.6 Å². The summed E-state index contributed by atoms with van der Waals surface area (Å²) in [5.41, 5.74) is 7.88. The molecule has 1 atom stereocenters. The number of alkyl carbamates (subject to hydrolysis) is 1. The van der Waals surface area contributed by atoms with Crippen molar-refractivity contribution in [3.8, 4) is 22.3 Å². The number of rotatable bonds is 7. The predicted molar refractivity (Wildman–Crippen MR) is 135 cm³/mol. The number of carboxylic acids is 1. The van der Waals surface area contributed by atoms with Crippen LogP contribution in [0.25, 0.3) is 22.3 Å². The highest BCUT2D eigenvalue weighted by Crippen LogP contribution is 2.44. The molecule has 4 aromatic rings. The number of aromatic nitrogens is 1. The molecule has 0 saturated heterocycles. The molecule has 2 N–H and O–H groups in total. The van der Waals surface area contributed by atoms with Gasteiger partial charge >= 0.3 is 12.1 Å². The Bertz CT molecular complexity index is 1360. The number of hydrogen-bond donors (Lipinski definition) is 2. The van der Waals surface area contributed by atoms with Crippen LogP contribution in [0.2, 0.25) is 0 Å². The molecular weight excluding hydrogens is 456 g/mol. The summed E-state index contributed by atoms with van der Waals surface area (Å²) < 4.78 is 10.8. The van der Waals surface area contributed by atoms with Crippen molar-refractivity contribution < 1.29 is 24.0 Å². The highest BCUT2D eigenvalue weighted by atomic mass is 16.5. The highest BCUT2D eigenvalue weighted by molar-refractivity contribution is 5.81. The van der Waals surface area contributed by atoms with E-state index >= 15 is 0 Å². The standard InChI is InChI=1S/C29H26N2O5/c1-17-27(18(2)36-31-17)20-13-11-19(12-14-20)15-26(28(32)33)30-29(34)35-16-25-23-9-5-3-7-21(23)22-8-4-6-10-24(22)25/h3-14,25-26H,15-16H2,1-2H3,(H,30,34)(H,32,33)/t26-/m0/s1.